The van der Waals surface area contributed by atoms with Crippen LogP contribution in [0.15, 0.2) is 12.3 Å². The first kappa shape index (κ1) is 13.1. The van der Waals surface area contributed by atoms with Gasteiger partial charge in [-0.1, -0.05) is 12.8 Å². The summed E-state index contributed by atoms with van der Waals surface area (Å²) in [5, 5.41) is 4.77. The number of rotatable bonds is 4. The number of nitrogens with zero attached hydrogens (tertiary/aromatic N) is 3. The van der Waals surface area contributed by atoms with Crippen molar-refractivity contribution in [1.82, 2.24) is 14.7 Å². The van der Waals surface area contributed by atoms with Crippen LogP contribution >= 0.6 is 0 Å². The van der Waals surface area contributed by atoms with Crippen LogP contribution in [0.25, 0.3) is 0 Å². The molecule has 1 aliphatic carbocycles. The molecule has 1 aromatic rings. The molecule has 0 spiro atoms. The van der Waals surface area contributed by atoms with E-state index < -0.39 is 0 Å². The average Bonchev–Trinajstić information content (AvgIpc) is 3.09. The van der Waals surface area contributed by atoms with Gasteiger partial charge in [0.2, 0.25) is 0 Å². The molecule has 1 aliphatic heterocycles. The van der Waals surface area contributed by atoms with Gasteiger partial charge < -0.3 is 5.73 Å². The highest BCUT2D eigenvalue weighted by Gasteiger charge is 2.25. The van der Waals surface area contributed by atoms with E-state index in [9.17, 15) is 0 Å². The minimum Gasteiger partial charge on any atom is -0.328 e. The van der Waals surface area contributed by atoms with Crippen LogP contribution in [0.5, 0.6) is 0 Å². The van der Waals surface area contributed by atoms with Crippen molar-refractivity contribution in [3.05, 3.63) is 18.0 Å². The van der Waals surface area contributed by atoms with Crippen LogP contribution < -0.4 is 5.73 Å². The molecule has 0 bridgehead atoms. The van der Waals surface area contributed by atoms with Crippen molar-refractivity contribution < 1.29 is 0 Å². The normalized spacial score (nSPS) is 27.2. The Hall–Kier alpha value is -0.870. The van der Waals surface area contributed by atoms with E-state index >= 15 is 0 Å². The zero-order valence-corrected chi connectivity index (χ0v) is 12.0. The van der Waals surface area contributed by atoms with Crippen LogP contribution in [-0.4, -0.2) is 33.8 Å². The summed E-state index contributed by atoms with van der Waals surface area (Å²) in [6.07, 6.45) is 8.74. The second-order valence-corrected chi connectivity index (χ2v) is 6.37. The molecule has 2 unspecified atom stereocenters. The van der Waals surface area contributed by atoms with Gasteiger partial charge in [-0.15, -0.1) is 0 Å². The molecule has 4 nitrogen and oxygen atoms in total. The van der Waals surface area contributed by atoms with E-state index in [1.54, 1.807) is 0 Å². The Bertz CT molecular complexity index is 406. The molecule has 2 atom stereocenters. The lowest BCUT2D eigenvalue weighted by atomic mass is 10.0. The van der Waals surface area contributed by atoms with Crippen LogP contribution in [0.1, 0.15) is 50.8 Å². The molecule has 2 heterocycles. The Morgan fingerprint density at radius 1 is 1.37 bits per heavy atom. The Morgan fingerprint density at radius 3 is 2.84 bits per heavy atom. The lowest BCUT2D eigenvalue weighted by Gasteiger charge is -2.16. The van der Waals surface area contributed by atoms with Crippen molar-refractivity contribution in [2.24, 2.45) is 11.7 Å². The monoisotopic (exact) mass is 262 g/mol. The summed E-state index contributed by atoms with van der Waals surface area (Å²) < 4.78 is 2.20. The fourth-order valence-electron chi connectivity index (χ4n) is 3.50. The van der Waals surface area contributed by atoms with Crippen LogP contribution in [-0.2, 0) is 6.54 Å². The van der Waals surface area contributed by atoms with Gasteiger partial charge in [-0.3, -0.25) is 9.58 Å². The maximum Gasteiger partial charge on any atom is 0.0764 e. The first-order valence-electron chi connectivity index (χ1n) is 7.74. The van der Waals surface area contributed by atoms with Crippen molar-refractivity contribution in [2.75, 3.05) is 13.1 Å². The molecule has 1 saturated carbocycles. The minimum atomic E-state index is 0.320. The van der Waals surface area contributed by atoms with Gasteiger partial charge in [0.15, 0.2) is 0 Å². The summed E-state index contributed by atoms with van der Waals surface area (Å²) in [7, 11) is 0. The Kier molecular flexibility index (Phi) is 3.89. The highest BCUT2D eigenvalue weighted by atomic mass is 15.3. The van der Waals surface area contributed by atoms with Crippen molar-refractivity contribution in [3.8, 4) is 0 Å². The molecule has 1 saturated heterocycles. The molecular formula is C15H26N4. The summed E-state index contributed by atoms with van der Waals surface area (Å²) in [6.45, 7) is 5.42. The minimum absolute atomic E-state index is 0.320. The zero-order valence-electron chi connectivity index (χ0n) is 12.0. The number of nitrogens with two attached hydrogens (primary N) is 1. The molecule has 2 N–H and O–H groups in total. The summed E-state index contributed by atoms with van der Waals surface area (Å²) in [5.74, 6) is 0.664. The second-order valence-electron chi connectivity index (χ2n) is 6.37. The third-order valence-corrected chi connectivity index (χ3v) is 4.80. The van der Waals surface area contributed by atoms with E-state index in [1.807, 2.05) is 0 Å². The SMILES string of the molecule is CC(N)C1CCN(Cc2ccn(C3CCCC3)n2)C1. The van der Waals surface area contributed by atoms with E-state index in [2.05, 4.69) is 28.8 Å². The van der Waals surface area contributed by atoms with E-state index in [0.29, 0.717) is 18.0 Å². The van der Waals surface area contributed by atoms with Gasteiger partial charge in [0.25, 0.3) is 0 Å². The number of hydrogen-bond acceptors (Lipinski definition) is 3. The van der Waals surface area contributed by atoms with Gasteiger partial charge in [0.1, 0.15) is 0 Å². The lowest BCUT2D eigenvalue weighted by molar-refractivity contribution is 0.302. The molecular weight excluding hydrogens is 236 g/mol. The van der Waals surface area contributed by atoms with Crippen molar-refractivity contribution >= 4 is 0 Å². The van der Waals surface area contributed by atoms with Crippen molar-refractivity contribution in [3.63, 3.8) is 0 Å². The molecule has 2 aliphatic rings. The zero-order chi connectivity index (χ0) is 13.2. The van der Waals surface area contributed by atoms with Gasteiger partial charge in [-0.25, -0.2) is 0 Å². The maximum atomic E-state index is 5.99. The Balaban J connectivity index is 1.56. The molecule has 3 rings (SSSR count). The van der Waals surface area contributed by atoms with Gasteiger partial charge in [0, 0.05) is 25.3 Å². The van der Waals surface area contributed by atoms with E-state index in [1.165, 1.54) is 44.3 Å². The van der Waals surface area contributed by atoms with Crippen LogP contribution in [0.4, 0.5) is 0 Å². The third-order valence-electron chi connectivity index (χ3n) is 4.80. The first-order chi connectivity index (χ1) is 9.22. The standard InChI is InChI=1S/C15H26N4/c1-12(16)13-6-8-18(10-13)11-14-7-9-19(17-14)15-4-2-3-5-15/h7,9,12-13,15H,2-6,8,10-11,16H2,1H3. The Morgan fingerprint density at radius 2 is 2.16 bits per heavy atom. The molecule has 106 valence electrons. The molecule has 19 heavy (non-hydrogen) atoms. The average molecular weight is 262 g/mol. The summed E-state index contributed by atoms with van der Waals surface area (Å²) in [4.78, 5) is 2.50. The molecule has 1 aromatic heterocycles. The topological polar surface area (TPSA) is 47.1 Å². The van der Waals surface area contributed by atoms with Gasteiger partial charge in [-0.2, -0.15) is 5.10 Å². The summed E-state index contributed by atoms with van der Waals surface area (Å²) in [5.41, 5.74) is 7.21. The predicted molar refractivity (Wildman–Crippen MR) is 76.8 cm³/mol. The first-order valence-corrected chi connectivity index (χ1v) is 7.74. The van der Waals surface area contributed by atoms with Gasteiger partial charge in [-0.05, 0) is 44.7 Å². The third kappa shape index (κ3) is 3.00. The number of hydrogen-bond donors (Lipinski definition) is 1. The maximum absolute atomic E-state index is 5.99. The molecule has 0 radical (unpaired) electrons. The highest BCUT2D eigenvalue weighted by Crippen LogP contribution is 2.29. The molecule has 4 heteroatoms. The fourth-order valence-corrected chi connectivity index (χ4v) is 3.50. The van der Waals surface area contributed by atoms with E-state index in [-0.39, 0.29) is 0 Å². The number of aromatic nitrogens is 2. The van der Waals surface area contributed by atoms with Gasteiger partial charge >= 0.3 is 0 Å². The summed E-state index contributed by atoms with van der Waals surface area (Å²) >= 11 is 0. The van der Waals surface area contributed by atoms with Crippen LogP contribution in [0.3, 0.4) is 0 Å². The van der Waals surface area contributed by atoms with Crippen molar-refractivity contribution in [2.45, 2.75) is 57.7 Å². The second kappa shape index (κ2) is 5.63. The predicted octanol–water partition coefficient (Wildman–Crippen LogP) is 2.17. The quantitative estimate of drug-likeness (QED) is 0.904. The van der Waals surface area contributed by atoms with Crippen molar-refractivity contribution in [1.29, 1.82) is 0 Å². The Labute approximate surface area is 116 Å². The smallest absolute Gasteiger partial charge is 0.0764 e. The van der Waals surface area contributed by atoms with Crippen LogP contribution in [0, 0.1) is 5.92 Å². The number of likely N-dealkylation sites (tertiary alicyclic amines) is 1. The fraction of sp³-hybridized carbons (Fsp3) is 0.800. The van der Waals surface area contributed by atoms with E-state index in [0.717, 1.165) is 13.1 Å². The highest BCUT2D eigenvalue weighted by molar-refractivity contribution is 5.01. The lowest BCUT2D eigenvalue weighted by Crippen LogP contribution is -2.29. The largest absolute Gasteiger partial charge is 0.328 e. The van der Waals surface area contributed by atoms with Crippen LogP contribution in [0.2, 0.25) is 0 Å². The van der Waals surface area contributed by atoms with Gasteiger partial charge in [0.05, 0.1) is 11.7 Å². The molecule has 0 aromatic carbocycles. The molecule has 2 fully saturated rings. The molecule has 0 amide bonds. The van der Waals surface area contributed by atoms with E-state index in [4.69, 9.17) is 10.8 Å². The summed E-state index contributed by atoms with van der Waals surface area (Å²) in [6, 6.07) is 3.17.